The van der Waals surface area contributed by atoms with Crippen molar-refractivity contribution in [1.29, 1.82) is 0 Å². The number of aromatic nitrogens is 2. The van der Waals surface area contributed by atoms with Gasteiger partial charge < -0.3 is 4.57 Å². The summed E-state index contributed by atoms with van der Waals surface area (Å²) in [6.45, 7) is 0. The first-order valence-corrected chi connectivity index (χ1v) is 6.82. The number of imidazole rings is 1. The first kappa shape index (κ1) is 13.4. The lowest BCUT2D eigenvalue weighted by Crippen LogP contribution is -1.92. The molecule has 2 aromatic carbocycles. The third kappa shape index (κ3) is 3.49. The molecule has 0 aliphatic carbocycles. The molecule has 3 rings (SSSR count). The van der Waals surface area contributed by atoms with Crippen LogP contribution in [0.2, 0.25) is 5.02 Å². The van der Waals surface area contributed by atoms with Crippen LogP contribution in [-0.4, -0.2) is 15.8 Å². The minimum absolute atomic E-state index is 0.680. The van der Waals surface area contributed by atoms with Crippen molar-refractivity contribution in [2.45, 2.75) is 0 Å². The molecule has 5 heteroatoms. The molecule has 0 saturated carbocycles. The molecule has 0 bridgehead atoms. The molecule has 4 nitrogen and oxygen atoms in total. The molecule has 0 saturated heterocycles. The van der Waals surface area contributed by atoms with E-state index in [0.29, 0.717) is 5.02 Å². The van der Waals surface area contributed by atoms with Crippen LogP contribution in [0.5, 0.6) is 0 Å². The normalized spacial score (nSPS) is 10.9. The van der Waals surface area contributed by atoms with Crippen LogP contribution in [0, 0.1) is 0 Å². The molecule has 0 amide bonds. The van der Waals surface area contributed by atoms with Gasteiger partial charge in [-0.3, -0.25) is 5.43 Å². The zero-order chi connectivity index (χ0) is 14.5. The number of benzene rings is 2. The smallest absolute Gasteiger partial charge is 0.0991 e. The summed E-state index contributed by atoms with van der Waals surface area (Å²) in [4.78, 5) is 4.03. The van der Waals surface area contributed by atoms with Gasteiger partial charge in [-0.25, -0.2) is 4.98 Å². The van der Waals surface area contributed by atoms with Gasteiger partial charge >= 0.3 is 0 Å². The summed E-state index contributed by atoms with van der Waals surface area (Å²) in [7, 11) is 0. The van der Waals surface area contributed by atoms with Gasteiger partial charge in [-0.15, -0.1) is 0 Å². The van der Waals surface area contributed by atoms with Gasteiger partial charge in [0.25, 0.3) is 0 Å². The van der Waals surface area contributed by atoms with E-state index in [0.717, 1.165) is 16.9 Å². The topological polar surface area (TPSA) is 42.2 Å². The van der Waals surface area contributed by atoms with E-state index in [4.69, 9.17) is 11.6 Å². The van der Waals surface area contributed by atoms with E-state index in [1.54, 1.807) is 18.7 Å². The summed E-state index contributed by atoms with van der Waals surface area (Å²) in [6, 6.07) is 15.5. The summed E-state index contributed by atoms with van der Waals surface area (Å²) < 4.78 is 1.95. The highest BCUT2D eigenvalue weighted by Crippen LogP contribution is 2.14. The Bertz CT molecular complexity index is 733. The molecule has 0 atom stereocenters. The second-order valence-electron chi connectivity index (χ2n) is 4.44. The Kier molecular flexibility index (Phi) is 3.98. The van der Waals surface area contributed by atoms with Crippen molar-refractivity contribution in [1.82, 2.24) is 9.55 Å². The fourth-order valence-corrected chi connectivity index (χ4v) is 2.07. The Hall–Kier alpha value is -2.59. The number of halogens is 1. The van der Waals surface area contributed by atoms with Crippen LogP contribution in [0.25, 0.3) is 5.69 Å². The Labute approximate surface area is 127 Å². The van der Waals surface area contributed by atoms with Gasteiger partial charge in [0.1, 0.15) is 0 Å². The molecule has 0 unspecified atom stereocenters. The van der Waals surface area contributed by atoms with E-state index < -0.39 is 0 Å². The number of hydrazone groups is 1. The zero-order valence-electron chi connectivity index (χ0n) is 11.1. The van der Waals surface area contributed by atoms with Gasteiger partial charge in [0.15, 0.2) is 0 Å². The Morgan fingerprint density at radius 1 is 1.14 bits per heavy atom. The largest absolute Gasteiger partial charge is 0.306 e. The molecule has 104 valence electrons. The lowest BCUT2D eigenvalue weighted by molar-refractivity contribution is 1.06. The van der Waals surface area contributed by atoms with Crippen LogP contribution in [0.15, 0.2) is 72.4 Å². The highest BCUT2D eigenvalue weighted by atomic mass is 35.5. The number of rotatable bonds is 4. The number of hydrogen-bond acceptors (Lipinski definition) is 3. The molecule has 0 aliphatic heterocycles. The second-order valence-corrected chi connectivity index (χ2v) is 4.88. The van der Waals surface area contributed by atoms with Crippen LogP contribution in [0.3, 0.4) is 0 Å². The van der Waals surface area contributed by atoms with Gasteiger partial charge in [0, 0.05) is 23.1 Å². The third-order valence-corrected chi connectivity index (χ3v) is 3.16. The Balaban J connectivity index is 1.66. The van der Waals surface area contributed by atoms with Crippen molar-refractivity contribution >= 4 is 23.5 Å². The van der Waals surface area contributed by atoms with Crippen LogP contribution in [0.1, 0.15) is 5.56 Å². The molecular weight excluding hydrogens is 284 g/mol. The number of nitrogens with zero attached hydrogens (tertiary/aromatic N) is 3. The molecule has 0 spiro atoms. The quantitative estimate of drug-likeness (QED) is 0.584. The Morgan fingerprint density at radius 2 is 2.00 bits per heavy atom. The molecular formula is C16H13ClN4. The van der Waals surface area contributed by atoms with Gasteiger partial charge in [0.2, 0.25) is 0 Å². The van der Waals surface area contributed by atoms with Crippen LogP contribution < -0.4 is 5.43 Å². The minimum Gasteiger partial charge on any atom is -0.306 e. The third-order valence-electron chi connectivity index (χ3n) is 2.93. The maximum atomic E-state index is 5.91. The number of nitrogens with one attached hydrogen (secondary N) is 1. The molecule has 0 fully saturated rings. The fraction of sp³-hybridized carbons (Fsp3) is 0. The van der Waals surface area contributed by atoms with Crippen molar-refractivity contribution in [2.75, 3.05) is 5.43 Å². The highest BCUT2D eigenvalue weighted by molar-refractivity contribution is 6.30. The van der Waals surface area contributed by atoms with E-state index in [1.165, 1.54) is 0 Å². The highest BCUT2D eigenvalue weighted by Gasteiger charge is 1.95. The van der Waals surface area contributed by atoms with Crippen LogP contribution in [-0.2, 0) is 0 Å². The summed E-state index contributed by atoms with van der Waals surface area (Å²) in [5.74, 6) is 0. The van der Waals surface area contributed by atoms with E-state index in [2.05, 4.69) is 15.5 Å². The van der Waals surface area contributed by atoms with E-state index >= 15 is 0 Å². The molecule has 1 heterocycles. The van der Waals surface area contributed by atoms with Crippen molar-refractivity contribution in [3.63, 3.8) is 0 Å². The maximum Gasteiger partial charge on any atom is 0.0991 e. The Morgan fingerprint density at radius 3 is 2.71 bits per heavy atom. The molecule has 0 radical (unpaired) electrons. The predicted molar refractivity (Wildman–Crippen MR) is 86.2 cm³/mol. The van der Waals surface area contributed by atoms with Gasteiger partial charge in [0.05, 0.1) is 18.2 Å². The van der Waals surface area contributed by atoms with Crippen LogP contribution >= 0.6 is 11.6 Å². The maximum absolute atomic E-state index is 5.91. The molecule has 3 aromatic rings. The molecule has 1 N–H and O–H groups in total. The van der Waals surface area contributed by atoms with Crippen molar-refractivity contribution in [3.05, 3.63) is 77.8 Å². The lowest BCUT2D eigenvalue weighted by Gasteiger charge is -2.02. The molecule has 0 aliphatic rings. The molecule has 1 aromatic heterocycles. The van der Waals surface area contributed by atoms with Crippen molar-refractivity contribution < 1.29 is 0 Å². The SMILES string of the molecule is Clc1cccc(N/N=C/c2ccc(-n3ccnc3)cc2)c1. The van der Waals surface area contributed by atoms with Crippen molar-refractivity contribution in [3.8, 4) is 5.69 Å². The zero-order valence-corrected chi connectivity index (χ0v) is 11.9. The first-order valence-electron chi connectivity index (χ1n) is 6.44. The molecule has 21 heavy (non-hydrogen) atoms. The van der Waals surface area contributed by atoms with E-state index in [-0.39, 0.29) is 0 Å². The summed E-state index contributed by atoms with van der Waals surface area (Å²) >= 11 is 5.91. The average Bonchev–Trinajstić information content (AvgIpc) is 3.02. The monoisotopic (exact) mass is 296 g/mol. The van der Waals surface area contributed by atoms with Crippen LogP contribution in [0.4, 0.5) is 5.69 Å². The number of anilines is 1. The average molecular weight is 297 g/mol. The lowest BCUT2D eigenvalue weighted by atomic mass is 10.2. The minimum atomic E-state index is 0.680. The fourth-order valence-electron chi connectivity index (χ4n) is 1.88. The summed E-state index contributed by atoms with van der Waals surface area (Å²) in [5, 5.41) is 4.87. The van der Waals surface area contributed by atoms with E-state index in [9.17, 15) is 0 Å². The first-order chi connectivity index (χ1) is 10.3. The summed E-state index contributed by atoms with van der Waals surface area (Å²) in [6.07, 6.45) is 7.19. The van der Waals surface area contributed by atoms with E-state index in [1.807, 2.05) is 59.3 Å². The van der Waals surface area contributed by atoms with Gasteiger partial charge in [-0.05, 0) is 35.9 Å². The van der Waals surface area contributed by atoms with Gasteiger partial charge in [-0.2, -0.15) is 5.10 Å². The van der Waals surface area contributed by atoms with Crippen molar-refractivity contribution in [2.24, 2.45) is 5.10 Å². The number of hydrogen-bond donors (Lipinski definition) is 1. The van der Waals surface area contributed by atoms with Gasteiger partial charge in [-0.1, -0.05) is 29.8 Å². The summed E-state index contributed by atoms with van der Waals surface area (Å²) in [5.41, 5.74) is 5.87. The second kappa shape index (κ2) is 6.24. The standard InChI is InChI=1S/C16H13ClN4/c17-14-2-1-3-15(10-14)20-19-11-13-4-6-16(7-5-13)21-9-8-18-12-21/h1-12,20H/b19-11+. The predicted octanol–water partition coefficient (Wildman–Crippen LogP) is 3.97.